The average molecular weight is 711 g/mol. The monoisotopic (exact) mass is 710 g/mol. The van der Waals surface area contributed by atoms with Gasteiger partial charge in [0, 0.05) is 27.5 Å². The summed E-state index contributed by atoms with van der Waals surface area (Å²) in [6.45, 7) is 0. The first kappa shape index (κ1) is 24.7. The quantitative estimate of drug-likeness (QED) is 0.165. The van der Waals surface area contributed by atoms with Gasteiger partial charge in [0.2, 0.25) is 0 Å². The summed E-state index contributed by atoms with van der Waals surface area (Å²) < 4.78 is 72.9. The maximum Gasteiger partial charge on any atom is 0.166 e. The van der Waals surface area contributed by atoms with Crippen molar-refractivity contribution in [2.75, 3.05) is 0 Å². The van der Waals surface area contributed by atoms with Gasteiger partial charge in [-0.3, -0.25) is 0 Å². The summed E-state index contributed by atoms with van der Waals surface area (Å²) >= 11 is 0. The molecule has 4 nitrogen and oxygen atoms in total. The minimum absolute atomic E-state index is 0.00281. The van der Waals surface area contributed by atoms with E-state index in [9.17, 15) is 2.74 Å². The highest BCUT2D eigenvalue weighted by molar-refractivity contribution is 6.09. The zero-order chi connectivity index (χ0) is 43.5. The Labute approximate surface area is 331 Å². The lowest BCUT2D eigenvalue weighted by molar-refractivity contribution is 1.06. The van der Waals surface area contributed by atoms with Gasteiger partial charge in [0.25, 0.3) is 0 Å². The first-order valence-electron chi connectivity index (χ1n) is 21.9. The second-order valence-corrected chi connectivity index (χ2v) is 13.1. The Morgan fingerprint density at radius 3 is 1.18 bits per heavy atom. The summed E-state index contributed by atoms with van der Waals surface area (Å²) in [6.07, 6.45) is 0. The van der Waals surface area contributed by atoms with Crippen molar-refractivity contribution in [2.24, 2.45) is 0 Å². The van der Waals surface area contributed by atoms with Gasteiger partial charge in [-0.1, -0.05) is 182 Å². The summed E-state index contributed by atoms with van der Waals surface area (Å²) in [7, 11) is 0. The van der Waals surface area contributed by atoms with Gasteiger partial charge in [0.1, 0.15) is 0 Å². The van der Waals surface area contributed by atoms with Gasteiger partial charge in [-0.05, 0) is 57.6 Å². The average Bonchev–Trinajstić information content (AvgIpc) is 3.71. The van der Waals surface area contributed by atoms with E-state index in [2.05, 4.69) is 0 Å². The van der Waals surface area contributed by atoms with Crippen molar-refractivity contribution >= 4 is 21.8 Å². The van der Waals surface area contributed by atoms with Crippen LogP contribution in [0.4, 0.5) is 0 Å². The molecule has 0 bridgehead atoms. The molecule has 0 atom stereocenters. The van der Waals surface area contributed by atoms with Crippen LogP contribution in [0, 0.1) is 0 Å². The Morgan fingerprint density at radius 2 is 0.709 bits per heavy atom. The summed E-state index contributed by atoms with van der Waals surface area (Å²) in [5.41, 5.74) is 7.97. The van der Waals surface area contributed by atoms with E-state index in [0.717, 1.165) is 44.5 Å². The Bertz CT molecular complexity index is 3220. The fourth-order valence-corrected chi connectivity index (χ4v) is 7.02. The van der Waals surface area contributed by atoms with E-state index in [0.29, 0.717) is 22.9 Å². The molecule has 0 unspecified atom stereocenters. The third-order valence-electron chi connectivity index (χ3n) is 9.76. The second kappa shape index (κ2) is 13.8. The van der Waals surface area contributed by atoms with Crippen LogP contribution in [-0.2, 0) is 0 Å². The van der Waals surface area contributed by atoms with Crippen molar-refractivity contribution in [3.8, 4) is 73.2 Å². The SMILES string of the molecule is [2H]c1c([2H])c([2H])c2c(c1[2H])c1c([2H])c([2H])c([2H])c([2H])c1n2-c1cc(-c2ccccc2)ccc1-c1nc(-c2ccc(-c3ccccc3)cc2)nc(-c2ccc(-c3ccccc3)cc2)n1. The summed E-state index contributed by atoms with van der Waals surface area (Å²) in [5.74, 6) is 0.998. The highest BCUT2D eigenvalue weighted by Gasteiger charge is 2.20. The van der Waals surface area contributed by atoms with E-state index in [1.165, 1.54) is 4.57 Å². The Hall–Kier alpha value is -7.43. The third-order valence-corrected chi connectivity index (χ3v) is 9.76. The molecule has 10 rings (SSSR count). The van der Waals surface area contributed by atoms with Gasteiger partial charge < -0.3 is 4.57 Å². The van der Waals surface area contributed by atoms with Crippen LogP contribution >= 0.6 is 0 Å². The molecule has 0 amide bonds. The van der Waals surface area contributed by atoms with Crippen molar-refractivity contribution in [3.63, 3.8) is 0 Å². The number of hydrogen-bond acceptors (Lipinski definition) is 3. The molecule has 55 heavy (non-hydrogen) atoms. The molecule has 8 aromatic carbocycles. The van der Waals surface area contributed by atoms with Gasteiger partial charge in [-0.25, -0.2) is 15.0 Å². The molecule has 0 fully saturated rings. The number of hydrogen-bond donors (Lipinski definition) is 0. The maximum atomic E-state index is 9.27. The topological polar surface area (TPSA) is 43.6 Å². The van der Waals surface area contributed by atoms with Crippen LogP contribution in [0.15, 0.2) is 206 Å². The molecular formula is C51H34N4. The number of benzene rings is 8. The van der Waals surface area contributed by atoms with Crippen molar-refractivity contribution in [2.45, 2.75) is 0 Å². The highest BCUT2D eigenvalue weighted by atomic mass is 15.1. The minimum Gasteiger partial charge on any atom is -0.308 e. The van der Waals surface area contributed by atoms with Crippen molar-refractivity contribution in [3.05, 3.63) is 206 Å². The minimum atomic E-state index is -0.513. The van der Waals surface area contributed by atoms with Crippen LogP contribution in [0.3, 0.4) is 0 Å². The van der Waals surface area contributed by atoms with E-state index in [1.54, 1.807) is 0 Å². The fourth-order valence-electron chi connectivity index (χ4n) is 7.02. The Kier molecular flexibility index (Phi) is 6.23. The normalized spacial score (nSPS) is 13.3. The zero-order valence-corrected chi connectivity index (χ0v) is 29.3. The predicted molar refractivity (Wildman–Crippen MR) is 227 cm³/mol. The van der Waals surface area contributed by atoms with Crippen LogP contribution in [0.5, 0.6) is 0 Å². The van der Waals surface area contributed by atoms with Crippen molar-refractivity contribution in [1.82, 2.24) is 19.5 Å². The van der Waals surface area contributed by atoms with Crippen LogP contribution in [0.1, 0.15) is 11.0 Å². The third kappa shape index (κ3) is 6.06. The molecule has 0 N–H and O–H groups in total. The van der Waals surface area contributed by atoms with Gasteiger partial charge in [0.15, 0.2) is 17.5 Å². The highest BCUT2D eigenvalue weighted by Crippen LogP contribution is 2.38. The lowest BCUT2D eigenvalue weighted by Crippen LogP contribution is -2.04. The van der Waals surface area contributed by atoms with Crippen LogP contribution in [-0.4, -0.2) is 19.5 Å². The van der Waals surface area contributed by atoms with Crippen molar-refractivity contribution in [1.29, 1.82) is 0 Å². The van der Waals surface area contributed by atoms with Gasteiger partial charge in [0.05, 0.1) is 27.7 Å². The lowest BCUT2D eigenvalue weighted by Gasteiger charge is -2.16. The molecule has 0 spiro atoms. The van der Waals surface area contributed by atoms with Crippen LogP contribution in [0.25, 0.3) is 95.0 Å². The summed E-state index contributed by atoms with van der Waals surface area (Å²) in [6, 6.07) is 47.6. The fraction of sp³-hybridized carbons (Fsp3) is 0. The van der Waals surface area contributed by atoms with E-state index >= 15 is 0 Å². The molecule has 0 radical (unpaired) electrons. The smallest absolute Gasteiger partial charge is 0.166 e. The largest absolute Gasteiger partial charge is 0.308 e. The van der Waals surface area contributed by atoms with Gasteiger partial charge in [-0.2, -0.15) is 0 Å². The van der Waals surface area contributed by atoms with E-state index in [1.807, 2.05) is 158 Å². The second-order valence-electron chi connectivity index (χ2n) is 13.1. The number of nitrogens with zero attached hydrogens (tertiary/aromatic N) is 4. The summed E-state index contributed by atoms with van der Waals surface area (Å²) in [4.78, 5) is 15.2. The summed E-state index contributed by atoms with van der Waals surface area (Å²) in [5, 5.41) is -0.0406. The number of rotatable bonds is 7. The molecule has 4 heteroatoms. The number of fused-ring (bicyclic) bond motifs is 3. The molecular weight excluding hydrogens is 669 g/mol. The molecule has 2 aromatic heterocycles. The van der Waals surface area contributed by atoms with Gasteiger partial charge >= 0.3 is 0 Å². The predicted octanol–water partition coefficient (Wildman–Crippen LogP) is 13.0. The van der Waals surface area contributed by atoms with E-state index < -0.39 is 48.3 Å². The number of para-hydroxylation sites is 2. The van der Waals surface area contributed by atoms with Crippen LogP contribution < -0.4 is 0 Å². The number of aromatic nitrogens is 4. The lowest BCUT2D eigenvalue weighted by atomic mass is 10.0. The first-order valence-corrected chi connectivity index (χ1v) is 17.9. The Balaban J connectivity index is 1.28. The Morgan fingerprint density at radius 1 is 0.345 bits per heavy atom. The molecule has 258 valence electrons. The molecule has 0 aliphatic rings. The molecule has 10 aromatic rings. The van der Waals surface area contributed by atoms with Crippen LogP contribution in [0.2, 0.25) is 0 Å². The molecule has 0 aliphatic heterocycles. The maximum absolute atomic E-state index is 9.27. The van der Waals surface area contributed by atoms with E-state index in [4.69, 9.17) is 23.2 Å². The zero-order valence-electron chi connectivity index (χ0n) is 37.3. The first-order chi connectivity index (χ1) is 30.6. The van der Waals surface area contributed by atoms with E-state index in [-0.39, 0.29) is 27.6 Å². The van der Waals surface area contributed by atoms with Gasteiger partial charge in [-0.15, -0.1) is 0 Å². The molecule has 0 saturated carbocycles. The molecule has 0 saturated heterocycles. The van der Waals surface area contributed by atoms with Crippen molar-refractivity contribution < 1.29 is 11.0 Å². The standard InChI is InChI=1S/C51H34N4/c1-4-14-35(15-5-1)38-24-28-40(29-25-38)49-52-50(41-30-26-39(27-31-41)36-16-6-2-7-17-36)54-51(53-49)45-33-32-42(37-18-8-3-9-19-37)34-48(45)55-46-22-12-10-20-43(46)44-21-11-13-23-47(44)55/h1-34H/i10D,11D,12D,13D,20D,21D,22D,23D. The molecule has 0 aliphatic carbocycles. The molecule has 2 heterocycles.